The average molecular weight is 260 g/mol. The maximum absolute atomic E-state index is 12.0. The molecule has 19 heavy (non-hydrogen) atoms. The maximum Gasteiger partial charge on any atom is 0.248 e. The molecule has 0 saturated carbocycles. The van der Waals surface area contributed by atoms with E-state index in [0.717, 1.165) is 30.9 Å². The number of piperidine rings is 1. The van der Waals surface area contributed by atoms with Gasteiger partial charge in [-0.25, -0.2) is 4.98 Å². The van der Waals surface area contributed by atoms with Crippen molar-refractivity contribution < 1.29 is 4.79 Å². The molecule has 1 amide bonds. The molecule has 0 aromatic carbocycles. The zero-order chi connectivity index (χ0) is 13.8. The fraction of sp³-hybridized carbons (Fsp3) is 0.500. The van der Waals surface area contributed by atoms with E-state index in [0.29, 0.717) is 12.1 Å². The van der Waals surface area contributed by atoms with E-state index in [4.69, 9.17) is 0 Å². The minimum Gasteiger partial charge on any atom is -0.372 e. The molecule has 1 atom stereocenters. The van der Waals surface area contributed by atoms with Gasteiger partial charge in [0.05, 0.1) is 5.69 Å². The van der Waals surface area contributed by atoms with Crippen LogP contribution in [0.3, 0.4) is 0 Å². The average Bonchev–Trinajstić information content (AvgIpc) is 2.46. The van der Waals surface area contributed by atoms with Gasteiger partial charge in [0.15, 0.2) is 0 Å². The molecular weight excluding hydrogens is 240 g/mol. The summed E-state index contributed by atoms with van der Waals surface area (Å²) in [6.07, 6.45) is 5.40. The first-order chi connectivity index (χ1) is 9.13. The highest BCUT2D eigenvalue weighted by atomic mass is 16.2. The molecule has 0 spiro atoms. The van der Waals surface area contributed by atoms with Crippen molar-refractivity contribution in [3.63, 3.8) is 0 Å². The van der Waals surface area contributed by atoms with Crippen LogP contribution in [0.1, 0.15) is 31.4 Å². The number of amides is 1. The highest BCUT2D eigenvalue weighted by Gasteiger charge is 2.27. The largest absolute Gasteiger partial charge is 0.372 e. The summed E-state index contributed by atoms with van der Waals surface area (Å²) in [4.78, 5) is 22.6. The number of carbonyl (C=O) groups is 1. The topological polar surface area (TPSA) is 58.1 Å². The van der Waals surface area contributed by atoms with Gasteiger partial charge >= 0.3 is 0 Å². The van der Waals surface area contributed by atoms with E-state index in [1.807, 2.05) is 11.9 Å². The van der Waals surface area contributed by atoms with E-state index in [2.05, 4.69) is 21.9 Å². The van der Waals surface area contributed by atoms with E-state index >= 15 is 0 Å². The zero-order valence-electron chi connectivity index (χ0n) is 11.5. The molecule has 5 heteroatoms. The van der Waals surface area contributed by atoms with Gasteiger partial charge in [0, 0.05) is 44.0 Å². The Morgan fingerprint density at radius 2 is 2.21 bits per heavy atom. The molecule has 1 aliphatic heterocycles. The highest BCUT2D eigenvalue weighted by Crippen LogP contribution is 2.29. The second kappa shape index (κ2) is 5.82. The molecule has 1 aromatic rings. The van der Waals surface area contributed by atoms with Gasteiger partial charge in [0.1, 0.15) is 5.82 Å². The van der Waals surface area contributed by atoms with Crippen LogP contribution in [0.25, 0.3) is 0 Å². The van der Waals surface area contributed by atoms with E-state index in [-0.39, 0.29) is 11.8 Å². The summed E-state index contributed by atoms with van der Waals surface area (Å²) < 4.78 is 0. The van der Waals surface area contributed by atoms with Crippen molar-refractivity contribution in [1.82, 2.24) is 14.9 Å². The van der Waals surface area contributed by atoms with Gasteiger partial charge in [-0.05, 0) is 19.8 Å². The number of rotatable bonds is 3. The molecule has 1 aromatic heterocycles. The third-order valence-electron chi connectivity index (χ3n) is 3.42. The van der Waals surface area contributed by atoms with Crippen molar-refractivity contribution in [1.29, 1.82) is 0 Å². The first-order valence-electron chi connectivity index (χ1n) is 6.57. The van der Waals surface area contributed by atoms with Gasteiger partial charge in [-0.2, -0.15) is 0 Å². The minimum absolute atomic E-state index is 0.0413. The van der Waals surface area contributed by atoms with Crippen LogP contribution >= 0.6 is 0 Å². The number of nitrogens with one attached hydrogen (secondary N) is 1. The third kappa shape index (κ3) is 2.92. The number of hydrogen-bond acceptors (Lipinski definition) is 4. The fourth-order valence-electron chi connectivity index (χ4n) is 2.49. The van der Waals surface area contributed by atoms with Crippen molar-refractivity contribution >= 4 is 11.7 Å². The van der Waals surface area contributed by atoms with Crippen molar-refractivity contribution in [3.05, 3.63) is 30.2 Å². The Balaban J connectivity index is 2.17. The number of anilines is 1. The summed E-state index contributed by atoms with van der Waals surface area (Å²) in [5.74, 6) is 1.09. The van der Waals surface area contributed by atoms with E-state index in [1.165, 1.54) is 0 Å². The lowest BCUT2D eigenvalue weighted by Gasteiger charge is -2.33. The summed E-state index contributed by atoms with van der Waals surface area (Å²) in [6.45, 7) is 6.98. The Hall–Kier alpha value is -1.91. The van der Waals surface area contributed by atoms with Crippen LogP contribution in [-0.4, -0.2) is 40.9 Å². The number of hydrogen-bond donors (Lipinski definition) is 1. The molecule has 1 aliphatic rings. The third-order valence-corrected chi connectivity index (χ3v) is 3.42. The number of carbonyl (C=O) groups excluding carboxylic acids is 1. The Labute approximate surface area is 113 Å². The van der Waals surface area contributed by atoms with Crippen LogP contribution in [0.15, 0.2) is 24.5 Å². The first-order valence-corrected chi connectivity index (χ1v) is 6.57. The fourth-order valence-corrected chi connectivity index (χ4v) is 2.49. The predicted molar refractivity (Wildman–Crippen MR) is 74.9 cm³/mol. The monoisotopic (exact) mass is 260 g/mol. The molecule has 102 valence electrons. The first kappa shape index (κ1) is 13.5. The van der Waals surface area contributed by atoms with Gasteiger partial charge in [-0.3, -0.25) is 9.78 Å². The van der Waals surface area contributed by atoms with Crippen LogP contribution in [-0.2, 0) is 4.79 Å². The Morgan fingerprint density at radius 3 is 2.89 bits per heavy atom. The summed E-state index contributed by atoms with van der Waals surface area (Å²) in [6, 6.07) is 0. The van der Waals surface area contributed by atoms with Crippen molar-refractivity contribution in [2.75, 3.05) is 25.5 Å². The van der Waals surface area contributed by atoms with Crippen LogP contribution in [0, 0.1) is 0 Å². The summed E-state index contributed by atoms with van der Waals surface area (Å²) in [7, 11) is 1.84. The quantitative estimate of drug-likeness (QED) is 0.842. The minimum atomic E-state index is 0.0413. The molecule has 0 radical (unpaired) electrons. The van der Waals surface area contributed by atoms with E-state index < -0.39 is 0 Å². The van der Waals surface area contributed by atoms with Crippen LogP contribution in [0.5, 0.6) is 0 Å². The summed E-state index contributed by atoms with van der Waals surface area (Å²) in [5.41, 5.74) is 1.54. The second-order valence-corrected chi connectivity index (χ2v) is 4.91. The van der Waals surface area contributed by atoms with Crippen LogP contribution in [0.2, 0.25) is 0 Å². The molecule has 2 rings (SSSR count). The van der Waals surface area contributed by atoms with Gasteiger partial charge < -0.3 is 10.2 Å². The molecule has 1 N–H and O–H groups in total. The molecule has 0 aliphatic carbocycles. The van der Waals surface area contributed by atoms with Crippen molar-refractivity contribution in [2.45, 2.75) is 25.7 Å². The number of nitrogens with zero attached hydrogens (tertiary/aromatic N) is 3. The summed E-state index contributed by atoms with van der Waals surface area (Å²) in [5, 5.41) is 3.07. The summed E-state index contributed by atoms with van der Waals surface area (Å²) >= 11 is 0. The second-order valence-electron chi connectivity index (χ2n) is 4.91. The Bertz CT molecular complexity index is 486. The van der Waals surface area contributed by atoms with Gasteiger partial charge in [0.2, 0.25) is 5.91 Å². The van der Waals surface area contributed by atoms with Gasteiger partial charge in [0.25, 0.3) is 0 Å². The lowest BCUT2D eigenvalue weighted by Crippen LogP contribution is -2.39. The smallest absolute Gasteiger partial charge is 0.248 e. The molecular formula is C14H20N4O. The standard InChI is InChI=1S/C14H20N4O/c1-10(2)14(19)18-8-4-5-11(9-18)12-13(15-3)17-7-6-16-12/h6-7,11H,1,4-5,8-9H2,2-3H3,(H,15,17). The van der Waals surface area contributed by atoms with E-state index in [9.17, 15) is 4.79 Å². The van der Waals surface area contributed by atoms with Crippen molar-refractivity contribution in [3.8, 4) is 0 Å². The Kier molecular flexibility index (Phi) is 4.14. The molecule has 2 heterocycles. The SMILES string of the molecule is C=C(C)C(=O)N1CCCC(c2nccnc2NC)C1. The van der Waals surface area contributed by atoms with Gasteiger partial charge in [-0.1, -0.05) is 6.58 Å². The predicted octanol–water partition coefficient (Wildman–Crippen LogP) is 1.80. The molecule has 1 fully saturated rings. The maximum atomic E-state index is 12.0. The Morgan fingerprint density at radius 1 is 1.47 bits per heavy atom. The molecule has 0 bridgehead atoms. The van der Waals surface area contributed by atoms with Crippen molar-refractivity contribution in [2.24, 2.45) is 0 Å². The highest BCUT2D eigenvalue weighted by molar-refractivity contribution is 5.92. The number of aromatic nitrogens is 2. The van der Waals surface area contributed by atoms with Crippen LogP contribution < -0.4 is 5.32 Å². The lowest BCUT2D eigenvalue weighted by atomic mass is 9.94. The molecule has 5 nitrogen and oxygen atoms in total. The van der Waals surface area contributed by atoms with E-state index in [1.54, 1.807) is 19.3 Å². The van der Waals surface area contributed by atoms with Gasteiger partial charge in [-0.15, -0.1) is 0 Å². The molecule has 1 saturated heterocycles. The van der Waals surface area contributed by atoms with Crippen LogP contribution in [0.4, 0.5) is 5.82 Å². The molecule has 1 unspecified atom stereocenters. The normalized spacial score (nSPS) is 19.1. The zero-order valence-corrected chi connectivity index (χ0v) is 11.5. The lowest BCUT2D eigenvalue weighted by molar-refractivity contribution is -0.128. The number of likely N-dealkylation sites (tertiary alicyclic amines) is 1.